The van der Waals surface area contributed by atoms with E-state index in [4.69, 9.17) is 4.74 Å². The Balaban J connectivity index is 1.96. The zero-order chi connectivity index (χ0) is 17.4. The maximum absolute atomic E-state index is 12.8. The lowest BCUT2D eigenvalue weighted by molar-refractivity contribution is 0.103. The van der Waals surface area contributed by atoms with E-state index in [1.807, 2.05) is 60.7 Å². The maximum Gasteiger partial charge on any atom is 0.194 e. The number of carbonyl (C=O) groups excluding carboxylic acids is 1. The number of methoxy groups -OCH3 is 1. The molecular formula is C22H16O3. The smallest absolute Gasteiger partial charge is 0.194 e. The van der Waals surface area contributed by atoms with E-state index in [-0.39, 0.29) is 11.5 Å². The van der Waals surface area contributed by atoms with E-state index in [2.05, 4.69) is 0 Å². The van der Waals surface area contributed by atoms with Gasteiger partial charge in [0.05, 0.1) is 7.11 Å². The van der Waals surface area contributed by atoms with Crippen molar-refractivity contribution in [1.29, 1.82) is 0 Å². The Hall–Kier alpha value is -3.33. The largest absolute Gasteiger partial charge is 0.504 e. The highest BCUT2D eigenvalue weighted by Gasteiger charge is 2.26. The van der Waals surface area contributed by atoms with Crippen molar-refractivity contribution in [3.8, 4) is 11.5 Å². The minimum Gasteiger partial charge on any atom is -0.504 e. The van der Waals surface area contributed by atoms with E-state index < -0.39 is 0 Å². The molecule has 1 aliphatic rings. The molecule has 4 rings (SSSR count). The van der Waals surface area contributed by atoms with Crippen molar-refractivity contribution in [2.24, 2.45) is 0 Å². The van der Waals surface area contributed by atoms with Gasteiger partial charge in [0.2, 0.25) is 0 Å². The van der Waals surface area contributed by atoms with Gasteiger partial charge >= 0.3 is 0 Å². The van der Waals surface area contributed by atoms with Gasteiger partial charge in [-0.25, -0.2) is 0 Å². The molecule has 0 aliphatic heterocycles. The molecule has 0 saturated carbocycles. The first kappa shape index (κ1) is 15.2. The van der Waals surface area contributed by atoms with Crippen molar-refractivity contribution in [2.45, 2.75) is 0 Å². The number of phenolic OH excluding ortho intramolecular Hbond substituents is 1. The summed E-state index contributed by atoms with van der Waals surface area (Å²) in [5.41, 5.74) is 5.12. The van der Waals surface area contributed by atoms with E-state index in [0.717, 1.165) is 22.3 Å². The van der Waals surface area contributed by atoms with E-state index in [1.54, 1.807) is 12.1 Å². The average Bonchev–Trinajstić information content (AvgIpc) is 2.66. The first-order valence-electron chi connectivity index (χ1n) is 8.01. The van der Waals surface area contributed by atoms with Crippen molar-refractivity contribution in [2.75, 3.05) is 7.11 Å². The summed E-state index contributed by atoms with van der Waals surface area (Å²) in [5, 5.41) is 9.80. The summed E-state index contributed by atoms with van der Waals surface area (Å²) in [6.07, 6.45) is 2.02. The SMILES string of the molecule is COc1cc(C=C2c3ccccc3C(=O)c3ccccc32)ccc1O. The molecule has 0 bridgehead atoms. The lowest BCUT2D eigenvalue weighted by Crippen LogP contribution is -2.14. The Kier molecular flexibility index (Phi) is 3.62. The number of phenols is 1. The van der Waals surface area contributed by atoms with Gasteiger partial charge in [-0.3, -0.25) is 4.79 Å². The third-order valence-corrected chi connectivity index (χ3v) is 4.44. The van der Waals surface area contributed by atoms with Crippen LogP contribution in [0.4, 0.5) is 0 Å². The number of hydrogen-bond donors (Lipinski definition) is 1. The van der Waals surface area contributed by atoms with Gasteiger partial charge in [-0.1, -0.05) is 54.6 Å². The van der Waals surface area contributed by atoms with Gasteiger partial charge in [-0.2, -0.15) is 0 Å². The zero-order valence-corrected chi connectivity index (χ0v) is 13.7. The molecule has 3 nitrogen and oxygen atoms in total. The molecule has 0 unspecified atom stereocenters. The molecule has 1 N–H and O–H groups in total. The van der Waals surface area contributed by atoms with Crippen LogP contribution in [0.1, 0.15) is 32.6 Å². The summed E-state index contributed by atoms with van der Waals surface area (Å²) in [6.45, 7) is 0. The van der Waals surface area contributed by atoms with Gasteiger partial charge in [0.25, 0.3) is 0 Å². The Morgan fingerprint density at radius 1 is 0.840 bits per heavy atom. The van der Waals surface area contributed by atoms with Crippen LogP contribution in [0, 0.1) is 0 Å². The van der Waals surface area contributed by atoms with Crippen LogP contribution < -0.4 is 4.74 Å². The molecule has 3 heteroatoms. The summed E-state index contributed by atoms with van der Waals surface area (Å²) in [5.74, 6) is 0.568. The molecule has 0 saturated heterocycles. The first-order valence-corrected chi connectivity index (χ1v) is 8.01. The fourth-order valence-electron chi connectivity index (χ4n) is 3.23. The van der Waals surface area contributed by atoms with Gasteiger partial charge in [0.1, 0.15) is 0 Å². The summed E-state index contributed by atoms with van der Waals surface area (Å²) in [6, 6.07) is 20.5. The highest BCUT2D eigenvalue weighted by atomic mass is 16.5. The summed E-state index contributed by atoms with van der Waals surface area (Å²) in [7, 11) is 1.52. The number of carbonyl (C=O) groups is 1. The van der Waals surface area contributed by atoms with Crippen molar-refractivity contribution in [3.63, 3.8) is 0 Å². The molecule has 122 valence electrons. The normalized spacial score (nSPS) is 12.4. The Labute approximate surface area is 145 Å². The van der Waals surface area contributed by atoms with Gasteiger partial charge in [0.15, 0.2) is 17.3 Å². The summed E-state index contributed by atoms with van der Waals surface area (Å²) >= 11 is 0. The summed E-state index contributed by atoms with van der Waals surface area (Å²) < 4.78 is 5.20. The standard InChI is InChI=1S/C22H16O3/c1-25-21-13-14(10-11-20(21)23)12-19-15-6-2-4-8-17(15)22(24)18-9-5-3-7-16(18)19/h2-13,23H,1H3. The molecule has 1 aliphatic carbocycles. The molecule has 3 aromatic carbocycles. The molecule has 25 heavy (non-hydrogen) atoms. The minimum absolute atomic E-state index is 0.0478. The monoisotopic (exact) mass is 328 g/mol. The lowest BCUT2D eigenvalue weighted by atomic mass is 9.81. The van der Waals surface area contributed by atoms with Crippen LogP contribution in [-0.2, 0) is 0 Å². The minimum atomic E-state index is 0.0478. The number of rotatable bonds is 2. The van der Waals surface area contributed by atoms with Crippen LogP contribution in [0.15, 0.2) is 66.7 Å². The molecule has 0 aromatic heterocycles. The van der Waals surface area contributed by atoms with Crippen LogP contribution in [0.2, 0.25) is 0 Å². The highest BCUT2D eigenvalue weighted by molar-refractivity contribution is 6.20. The van der Waals surface area contributed by atoms with Crippen molar-refractivity contribution >= 4 is 17.4 Å². The third-order valence-electron chi connectivity index (χ3n) is 4.44. The van der Waals surface area contributed by atoms with Gasteiger partial charge < -0.3 is 9.84 Å². The number of benzene rings is 3. The fraction of sp³-hybridized carbons (Fsp3) is 0.0455. The van der Waals surface area contributed by atoms with Crippen LogP contribution >= 0.6 is 0 Å². The van der Waals surface area contributed by atoms with E-state index in [1.165, 1.54) is 7.11 Å². The predicted molar refractivity (Wildman–Crippen MR) is 97.9 cm³/mol. The topological polar surface area (TPSA) is 46.5 Å². The van der Waals surface area contributed by atoms with Crippen molar-refractivity contribution < 1.29 is 14.6 Å². The van der Waals surface area contributed by atoms with Gasteiger partial charge in [-0.05, 0) is 40.5 Å². The van der Waals surface area contributed by atoms with Gasteiger partial charge in [-0.15, -0.1) is 0 Å². The average molecular weight is 328 g/mol. The molecule has 0 heterocycles. The second-order valence-electron chi connectivity index (χ2n) is 5.91. The van der Waals surface area contributed by atoms with E-state index in [0.29, 0.717) is 16.9 Å². The van der Waals surface area contributed by atoms with Crippen molar-refractivity contribution in [3.05, 3.63) is 94.5 Å². The number of aromatic hydroxyl groups is 1. The molecule has 0 fully saturated rings. The first-order chi connectivity index (χ1) is 12.2. The molecule has 0 amide bonds. The second kappa shape index (κ2) is 5.95. The lowest BCUT2D eigenvalue weighted by Gasteiger charge is -2.21. The molecule has 0 spiro atoms. The molecule has 3 aromatic rings. The fourth-order valence-corrected chi connectivity index (χ4v) is 3.23. The van der Waals surface area contributed by atoms with Crippen molar-refractivity contribution in [1.82, 2.24) is 0 Å². The number of ketones is 1. The molecule has 0 atom stereocenters. The summed E-state index contributed by atoms with van der Waals surface area (Å²) in [4.78, 5) is 12.8. The number of ether oxygens (including phenoxy) is 1. The number of hydrogen-bond acceptors (Lipinski definition) is 3. The molecule has 0 radical (unpaired) electrons. The van der Waals surface area contributed by atoms with E-state index >= 15 is 0 Å². The number of fused-ring (bicyclic) bond motifs is 2. The third kappa shape index (κ3) is 2.50. The van der Waals surface area contributed by atoms with Crippen LogP contribution in [0.3, 0.4) is 0 Å². The quantitative estimate of drug-likeness (QED) is 0.588. The Morgan fingerprint density at radius 3 is 1.96 bits per heavy atom. The predicted octanol–water partition coefficient (Wildman–Crippen LogP) is 4.53. The maximum atomic E-state index is 12.8. The van der Waals surface area contributed by atoms with E-state index in [9.17, 15) is 9.90 Å². The van der Waals surface area contributed by atoms with Gasteiger partial charge in [0, 0.05) is 11.1 Å². The van der Waals surface area contributed by atoms with Crippen LogP contribution in [-0.4, -0.2) is 18.0 Å². The molecular weight excluding hydrogens is 312 g/mol. The highest BCUT2D eigenvalue weighted by Crippen LogP contribution is 2.37. The zero-order valence-electron chi connectivity index (χ0n) is 13.7. The Bertz CT molecular complexity index is 964. The second-order valence-corrected chi connectivity index (χ2v) is 5.91. The Morgan fingerprint density at radius 2 is 1.40 bits per heavy atom. The van der Waals surface area contributed by atoms with Crippen LogP contribution in [0.25, 0.3) is 11.6 Å². The van der Waals surface area contributed by atoms with Crippen LogP contribution in [0.5, 0.6) is 11.5 Å².